The summed E-state index contributed by atoms with van der Waals surface area (Å²) in [6.07, 6.45) is 0. The summed E-state index contributed by atoms with van der Waals surface area (Å²) in [5, 5.41) is 13.0. The topological polar surface area (TPSA) is 72.6 Å². The van der Waals surface area contributed by atoms with Crippen LogP contribution in [0, 0.1) is 0 Å². The third-order valence-electron chi connectivity index (χ3n) is 2.30. The monoisotopic (exact) mass is 233 g/mol. The molecule has 0 fully saturated rings. The van der Waals surface area contributed by atoms with Crippen molar-refractivity contribution >= 4 is 5.97 Å². The lowest BCUT2D eigenvalue weighted by Crippen LogP contribution is -2.02. The molecular formula is C12H11NO4. The number of carbonyl (C=O) groups is 1. The van der Waals surface area contributed by atoms with Gasteiger partial charge in [-0.2, -0.15) is 0 Å². The molecule has 0 saturated heterocycles. The molecule has 0 aliphatic rings. The van der Waals surface area contributed by atoms with Crippen molar-refractivity contribution in [1.29, 1.82) is 0 Å². The van der Waals surface area contributed by atoms with Gasteiger partial charge in [-0.15, -0.1) is 0 Å². The smallest absolute Gasteiger partial charge is 0.341 e. The Labute approximate surface area is 97.6 Å². The number of carboxylic acids is 1. The zero-order valence-corrected chi connectivity index (χ0v) is 9.21. The van der Waals surface area contributed by atoms with Crippen LogP contribution in [0.5, 0.6) is 0 Å². The fraction of sp³-hybridized carbons (Fsp3) is 0.167. The summed E-state index contributed by atoms with van der Waals surface area (Å²) in [6.45, 7) is 0.0848. The van der Waals surface area contributed by atoms with E-state index in [4.69, 9.17) is 14.4 Å². The summed E-state index contributed by atoms with van der Waals surface area (Å²) in [5.41, 5.74) is 1.08. The van der Waals surface area contributed by atoms with Crippen LogP contribution in [0.15, 0.2) is 34.9 Å². The Hall–Kier alpha value is -2.14. The second kappa shape index (κ2) is 4.80. The van der Waals surface area contributed by atoms with Crippen molar-refractivity contribution in [2.75, 3.05) is 7.11 Å². The third-order valence-corrected chi connectivity index (χ3v) is 2.30. The van der Waals surface area contributed by atoms with Crippen molar-refractivity contribution < 1.29 is 19.2 Å². The Bertz CT molecular complexity index is 519. The molecule has 0 radical (unpaired) electrons. The molecule has 1 heterocycles. The van der Waals surface area contributed by atoms with Crippen LogP contribution in [-0.4, -0.2) is 23.3 Å². The van der Waals surface area contributed by atoms with Crippen LogP contribution in [0.4, 0.5) is 0 Å². The quantitative estimate of drug-likeness (QED) is 0.876. The lowest BCUT2D eigenvalue weighted by atomic mass is 10.1. The molecule has 1 N–H and O–H groups in total. The number of hydrogen-bond donors (Lipinski definition) is 1. The molecule has 1 aromatic heterocycles. The number of carboxylic acid groups (broad SMARTS) is 1. The largest absolute Gasteiger partial charge is 0.477 e. The minimum Gasteiger partial charge on any atom is -0.477 e. The van der Waals surface area contributed by atoms with Gasteiger partial charge in [0, 0.05) is 12.7 Å². The van der Waals surface area contributed by atoms with Gasteiger partial charge in [-0.1, -0.05) is 35.5 Å². The van der Waals surface area contributed by atoms with E-state index in [2.05, 4.69) is 5.16 Å². The van der Waals surface area contributed by atoms with Gasteiger partial charge in [0.15, 0.2) is 5.76 Å². The molecule has 17 heavy (non-hydrogen) atoms. The molecule has 2 aromatic rings. The average Bonchev–Trinajstić information content (AvgIpc) is 2.74. The first-order valence-electron chi connectivity index (χ1n) is 5.00. The van der Waals surface area contributed by atoms with Gasteiger partial charge >= 0.3 is 5.97 Å². The molecule has 0 unspecified atom stereocenters. The van der Waals surface area contributed by atoms with Gasteiger partial charge in [0.1, 0.15) is 17.9 Å². The van der Waals surface area contributed by atoms with Crippen molar-refractivity contribution in [3.63, 3.8) is 0 Å². The van der Waals surface area contributed by atoms with Gasteiger partial charge in [0.05, 0.1) is 0 Å². The van der Waals surface area contributed by atoms with E-state index in [1.54, 1.807) is 12.1 Å². The second-order valence-electron chi connectivity index (χ2n) is 3.43. The van der Waals surface area contributed by atoms with Crippen LogP contribution in [0.2, 0.25) is 0 Å². The van der Waals surface area contributed by atoms with E-state index < -0.39 is 5.97 Å². The molecule has 88 valence electrons. The summed E-state index contributed by atoms with van der Waals surface area (Å²) < 4.78 is 9.87. The number of nitrogens with zero attached hydrogens (tertiary/aromatic N) is 1. The maximum absolute atomic E-state index is 11.2. The van der Waals surface area contributed by atoms with E-state index in [0.717, 1.165) is 0 Å². The first kappa shape index (κ1) is 11.3. The highest BCUT2D eigenvalue weighted by Crippen LogP contribution is 2.25. The van der Waals surface area contributed by atoms with Crippen LogP contribution in [0.3, 0.4) is 0 Å². The molecule has 1 aromatic carbocycles. The number of rotatable bonds is 4. The van der Waals surface area contributed by atoms with Gasteiger partial charge in [0.2, 0.25) is 0 Å². The molecule has 2 rings (SSSR count). The van der Waals surface area contributed by atoms with Gasteiger partial charge < -0.3 is 14.4 Å². The fourth-order valence-electron chi connectivity index (χ4n) is 1.57. The molecule has 0 amide bonds. The van der Waals surface area contributed by atoms with Crippen LogP contribution in [0.1, 0.15) is 16.1 Å². The van der Waals surface area contributed by atoms with Crippen molar-refractivity contribution in [3.05, 3.63) is 41.7 Å². The predicted molar refractivity (Wildman–Crippen MR) is 59.6 cm³/mol. The highest BCUT2D eigenvalue weighted by molar-refractivity contribution is 5.95. The first-order chi connectivity index (χ1) is 8.24. The normalized spacial score (nSPS) is 10.4. The van der Waals surface area contributed by atoms with Crippen LogP contribution < -0.4 is 0 Å². The summed E-state index contributed by atoms with van der Waals surface area (Å²) in [7, 11) is 1.47. The van der Waals surface area contributed by atoms with Crippen LogP contribution in [0.25, 0.3) is 11.3 Å². The highest BCUT2D eigenvalue weighted by atomic mass is 16.5. The second-order valence-corrected chi connectivity index (χ2v) is 3.43. The van der Waals surface area contributed by atoms with E-state index in [9.17, 15) is 4.79 Å². The number of hydrogen-bond acceptors (Lipinski definition) is 4. The van der Waals surface area contributed by atoms with Crippen molar-refractivity contribution in [2.45, 2.75) is 6.61 Å². The Kier molecular flexibility index (Phi) is 3.20. The number of ether oxygens (including phenoxy) is 1. The molecule has 0 atom stereocenters. The number of aromatic carboxylic acids is 1. The Morgan fingerprint density at radius 3 is 2.71 bits per heavy atom. The molecule has 0 bridgehead atoms. The number of aromatic nitrogens is 1. The van der Waals surface area contributed by atoms with E-state index >= 15 is 0 Å². The maximum atomic E-state index is 11.2. The molecule has 0 aliphatic carbocycles. The van der Waals surface area contributed by atoms with E-state index in [1.807, 2.05) is 18.2 Å². The summed E-state index contributed by atoms with van der Waals surface area (Å²) in [6, 6.07) is 9.03. The molecule has 0 aliphatic heterocycles. The van der Waals surface area contributed by atoms with Gasteiger partial charge in [-0.05, 0) is 0 Å². The minimum atomic E-state index is -1.07. The average molecular weight is 233 g/mol. The van der Waals surface area contributed by atoms with E-state index in [-0.39, 0.29) is 17.9 Å². The molecule has 0 spiro atoms. The van der Waals surface area contributed by atoms with Crippen LogP contribution >= 0.6 is 0 Å². The zero-order chi connectivity index (χ0) is 12.3. The van der Waals surface area contributed by atoms with E-state index in [1.165, 1.54) is 7.11 Å². The zero-order valence-electron chi connectivity index (χ0n) is 9.21. The number of benzene rings is 1. The summed E-state index contributed by atoms with van der Waals surface area (Å²) in [5.74, 6) is -0.851. The predicted octanol–water partition coefficient (Wildman–Crippen LogP) is 2.19. The maximum Gasteiger partial charge on any atom is 0.341 e. The molecule has 5 heteroatoms. The Balaban J connectivity index is 2.52. The van der Waals surface area contributed by atoms with Gasteiger partial charge in [-0.25, -0.2) is 4.79 Å². The fourth-order valence-corrected chi connectivity index (χ4v) is 1.57. The molecule has 5 nitrogen and oxygen atoms in total. The Morgan fingerprint density at radius 2 is 2.12 bits per heavy atom. The van der Waals surface area contributed by atoms with Crippen LogP contribution in [-0.2, 0) is 11.3 Å². The summed E-state index contributed by atoms with van der Waals surface area (Å²) >= 11 is 0. The lowest BCUT2D eigenvalue weighted by Gasteiger charge is -1.98. The third kappa shape index (κ3) is 2.19. The van der Waals surface area contributed by atoms with Gasteiger partial charge in [0.25, 0.3) is 0 Å². The highest BCUT2D eigenvalue weighted by Gasteiger charge is 2.23. The standard InChI is InChI=1S/C12H11NO4/c1-16-7-9-10(12(14)15)11(13-17-9)8-5-3-2-4-6-8/h2-6H,7H2,1H3,(H,14,15). The lowest BCUT2D eigenvalue weighted by molar-refractivity contribution is 0.0688. The SMILES string of the molecule is COCc1onc(-c2ccccc2)c1C(=O)O. The van der Waals surface area contributed by atoms with Crippen molar-refractivity contribution in [1.82, 2.24) is 5.16 Å². The van der Waals surface area contributed by atoms with Crippen molar-refractivity contribution in [2.24, 2.45) is 0 Å². The van der Waals surface area contributed by atoms with E-state index in [0.29, 0.717) is 11.3 Å². The molecule has 0 saturated carbocycles. The summed E-state index contributed by atoms with van der Waals surface area (Å²) in [4.78, 5) is 11.2. The number of methoxy groups -OCH3 is 1. The van der Waals surface area contributed by atoms with Crippen molar-refractivity contribution in [3.8, 4) is 11.3 Å². The minimum absolute atomic E-state index is 0.0538. The first-order valence-corrected chi connectivity index (χ1v) is 5.00. The Morgan fingerprint density at radius 1 is 1.41 bits per heavy atom. The van der Waals surface area contributed by atoms with Gasteiger partial charge in [-0.3, -0.25) is 0 Å². The molecular weight excluding hydrogens is 222 g/mol.